The summed E-state index contributed by atoms with van der Waals surface area (Å²) in [4.78, 5) is 16.1. The highest BCUT2D eigenvalue weighted by Crippen LogP contribution is 2.40. The van der Waals surface area contributed by atoms with Crippen LogP contribution in [-0.2, 0) is 11.2 Å². The van der Waals surface area contributed by atoms with E-state index in [0.29, 0.717) is 18.8 Å². The second-order valence-corrected chi connectivity index (χ2v) is 5.23. The first-order chi connectivity index (χ1) is 9.83. The SMILES string of the molecule is O=C(CCc1ncn[nH]1)NC(c1ccccc1)C1CC1. The maximum absolute atomic E-state index is 12.1. The van der Waals surface area contributed by atoms with Crippen molar-refractivity contribution in [1.29, 1.82) is 0 Å². The molecule has 0 radical (unpaired) electrons. The Morgan fingerprint density at radius 1 is 1.35 bits per heavy atom. The van der Waals surface area contributed by atoms with Gasteiger partial charge in [0.05, 0.1) is 6.04 Å². The summed E-state index contributed by atoms with van der Waals surface area (Å²) in [6.07, 6.45) is 4.89. The van der Waals surface area contributed by atoms with Crippen molar-refractivity contribution in [2.45, 2.75) is 31.7 Å². The monoisotopic (exact) mass is 270 g/mol. The zero-order valence-electron chi connectivity index (χ0n) is 11.2. The molecule has 2 N–H and O–H groups in total. The number of hydrogen-bond donors (Lipinski definition) is 2. The van der Waals surface area contributed by atoms with Gasteiger partial charge in [0, 0.05) is 12.8 Å². The molecule has 1 fully saturated rings. The van der Waals surface area contributed by atoms with Crippen LogP contribution in [0.3, 0.4) is 0 Å². The molecule has 1 saturated carbocycles. The van der Waals surface area contributed by atoms with E-state index in [1.165, 1.54) is 24.7 Å². The molecule has 5 nitrogen and oxygen atoms in total. The Kier molecular flexibility index (Phi) is 3.76. The van der Waals surface area contributed by atoms with Gasteiger partial charge in [-0.2, -0.15) is 5.10 Å². The van der Waals surface area contributed by atoms with Crippen LogP contribution in [0.25, 0.3) is 0 Å². The highest BCUT2D eigenvalue weighted by Gasteiger charge is 2.33. The van der Waals surface area contributed by atoms with E-state index in [1.807, 2.05) is 18.2 Å². The average molecular weight is 270 g/mol. The summed E-state index contributed by atoms with van der Waals surface area (Å²) in [6, 6.07) is 10.4. The lowest BCUT2D eigenvalue weighted by atomic mass is 10.0. The van der Waals surface area contributed by atoms with Crippen LogP contribution >= 0.6 is 0 Å². The third-order valence-corrected chi connectivity index (χ3v) is 3.62. The average Bonchev–Trinajstić information content (AvgIpc) is 3.19. The Labute approximate surface area is 117 Å². The van der Waals surface area contributed by atoms with Crippen LogP contribution in [0.1, 0.15) is 36.7 Å². The molecule has 1 aliphatic rings. The number of nitrogens with one attached hydrogen (secondary N) is 2. The first-order valence-electron chi connectivity index (χ1n) is 7.01. The molecule has 1 unspecified atom stereocenters. The summed E-state index contributed by atoms with van der Waals surface area (Å²) < 4.78 is 0. The normalized spacial score (nSPS) is 15.8. The van der Waals surface area contributed by atoms with Crippen molar-refractivity contribution < 1.29 is 4.79 Å². The molecule has 1 atom stereocenters. The predicted molar refractivity (Wildman–Crippen MR) is 74.8 cm³/mol. The van der Waals surface area contributed by atoms with Gasteiger partial charge in [0.1, 0.15) is 12.2 Å². The zero-order chi connectivity index (χ0) is 13.8. The van der Waals surface area contributed by atoms with Gasteiger partial charge in [-0.05, 0) is 24.3 Å². The summed E-state index contributed by atoms with van der Waals surface area (Å²) in [5.74, 6) is 1.41. The Morgan fingerprint density at radius 2 is 2.15 bits per heavy atom. The Bertz CT molecular complexity index is 549. The third kappa shape index (κ3) is 3.23. The number of carbonyl (C=O) groups is 1. The van der Waals surface area contributed by atoms with E-state index in [0.717, 1.165) is 5.82 Å². The van der Waals surface area contributed by atoms with Crippen molar-refractivity contribution in [3.05, 3.63) is 48.0 Å². The quantitative estimate of drug-likeness (QED) is 0.843. The topological polar surface area (TPSA) is 70.7 Å². The number of rotatable bonds is 6. The van der Waals surface area contributed by atoms with Crippen molar-refractivity contribution >= 4 is 5.91 Å². The molecule has 0 saturated heterocycles. The van der Waals surface area contributed by atoms with Gasteiger partial charge in [0.2, 0.25) is 5.91 Å². The highest BCUT2D eigenvalue weighted by atomic mass is 16.1. The lowest BCUT2D eigenvalue weighted by molar-refractivity contribution is -0.122. The summed E-state index contributed by atoms with van der Waals surface area (Å²) in [5, 5.41) is 9.71. The fraction of sp³-hybridized carbons (Fsp3) is 0.400. The van der Waals surface area contributed by atoms with E-state index in [2.05, 4.69) is 32.6 Å². The second-order valence-electron chi connectivity index (χ2n) is 5.23. The van der Waals surface area contributed by atoms with Crippen molar-refractivity contribution in [2.75, 3.05) is 0 Å². The minimum absolute atomic E-state index is 0.0714. The molecule has 2 aromatic rings. The van der Waals surface area contributed by atoms with Gasteiger partial charge in [-0.3, -0.25) is 9.89 Å². The summed E-state index contributed by atoms with van der Waals surface area (Å²) in [7, 11) is 0. The smallest absolute Gasteiger partial charge is 0.220 e. The van der Waals surface area contributed by atoms with E-state index in [9.17, 15) is 4.79 Å². The number of aryl methyl sites for hydroxylation is 1. The lowest BCUT2D eigenvalue weighted by Gasteiger charge is -2.18. The number of aromatic amines is 1. The summed E-state index contributed by atoms with van der Waals surface area (Å²) >= 11 is 0. The molecule has 0 aliphatic heterocycles. The van der Waals surface area contributed by atoms with Gasteiger partial charge in [-0.25, -0.2) is 4.98 Å². The number of nitrogens with zero attached hydrogens (tertiary/aromatic N) is 2. The predicted octanol–water partition coefficient (Wildman–Crippen LogP) is 2.00. The van der Waals surface area contributed by atoms with E-state index in [-0.39, 0.29) is 11.9 Å². The zero-order valence-corrected chi connectivity index (χ0v) is 11.2. The molecule has 0 bridgehead atoms. The molecule has 104 valence electrons. The fourth-order valence-corrected chi connectivity index (χ4v) is 2.39. The standard InChI is InChI=1S/C15H18N4O/c20-14(9-8-13-16-10-17-19-13)18-15(12-6-7-12)11-4-2-1-3-5-11/h1-5,10,12,15H,6-9H2,(H,18,20)(H,16,17,19). The molecule has 1 aliphatic carbocycles. The number of hydrogen-bond acceptors (Lipinski definition) is 3. The molecule has 5 heteroatoms. The Hall–Kier alpha value is -2.17. The summed E-state index contributed by atoms with van der Waals surface area (Å²) in [6.45, 7) is 0. The second kappa shape index (κ2) is 5.86. The first kappa shape index (κ1) is 12.8. The largest absolute Gasteiger partial charge is 0.349 e. The van der Waals surface area contributed by atoms with Crippen LogP contribution in [0, 0.1) is 5.92 Å². The highest BCUT2D eigenvalue weighted by molar-refractivity contribution is 5.76. The van der Waals surface area contributed by atoms with E-state index in [1.54, 1.807) is 0 Å². The molecule has 0 spiro atoms. The molecule has 1 amide bonds. The van der Waals surface area contributed by atoms with Crippen LogP contribution < -0.4 is 5.32 Å². The fourth-order valence-electron chi connectivity index (χ4n) is 2.39. The van der Waals surface area contributed by atoms with Crippen molar-refractivity contribution in [2.24, 2.45) is 5.92 Å². The van der Waals surface area contributed by atoms with Crippen LogP contribution in [-0.4, -0.2) is 21.1 Å². The van der Waals surface area contributed by atoms with E-state index >= 15 is 0 Å². The molecule has 3 rings (SSSR count). The van der Waals surface area contributed by atoms with Crippen molar-refractivity contribution in [3.63, 3.8) is 0 Å². The van der Waals surface area contributed by atoms with Gasteiger partial charge in [0.15, 0.2) is 0 Å². The Balaban J connectivity index is 1.58. The number of benzene rings is 1. The number of amides is 1. The van der Waals surface area contributed by atoms with Crippen LogP contribution in [0.15, 0.2) is 36.7 Å². The molecule has 20 heavy (non-hydrogen) atoms. The molecular formula is C15H18N4O. The van der Waals surface area contributed by atoms with Gasteiger partial charge in [-0.15, -0.1) is 0 Å². The summed E-state index contributed by atoms with van der Waals surface area (Å²) in [5.41, 5.74) is 1.20. The first-order valence-corrected chi connectivity index (χ1v) is 7.01. The molecule has 1 aromatic heterocycles. The van der Waals surface area contributed by atoms with E-state index in [4.69, 9.17) is 0 Å². The van der Waals surface area contributed by atoms with Crippen molar-refractivity contribution in [3.8, 4) is 0 Å². The maximum atomic E-state index is 12.1. The van der Waals surface area contributed by atoms with Crippen LogP contribution in [0.5, 0.6) is 0 Å². The van der Waals surface area contributed by atoms with E-state index < -0.39 is 0 Å². The van der Waals surface area contributed by atoms with Gasteiger partial charge < -0.3 is 5.32 Å². The lowest BCUT2D eigenvalue weighted by Crippen LogP contribution is -2.30. The molecular weight excluding hydrogens is 252 g/mol. The number of carbonyl (C=O) groups excluding carboxylic acids is 1. The van der Waals surface area contributed by atoms with Gasteiger partial charge >= 0.3 is 0 Å². The third-order valence-electron chi connectivity index (χ3n) is 3.62. The Morgan fingerprint density at radius 3 is 2.80 bits per heavy atom. The minimum Gasteiger partial charge on any atom is -0.349 e. The maximum Gasteiger partial charge on any atom is 0.220 e. The van der Waals surface area contributed by atoms with Gasteiger partial charge in [-0.1, -0.05) is 30.3 Å². The van der Waals surface area contributed by atoms with Crippen LogP contribution in [0.2, 0.25) is 0 Å². The molecule has 1 aromatic carbocycles. The van der Waals surface area contributed by atoms with Crippen LogP contribution in [0.4, 0.5) is 0 Å². The van der Waals surface area contributed by atoms with Gasteiger partial charge in [0.25, 0.3) is 0 Å². The number of aromatic nitrogens is 3. The number of H-pyrrole nitrogens is 1. The molecule has 1 heterocycles. The minimum atomic E-state index is 0.0714. The van der Waals surface area contributed by atoms with Crippen molar-refractivity contribution in [1.82, 2.24) is 20.5 Å².